The molecule has 1 amide bonds. The Hall–Kier alpha value is 0.678. The largest absolute Gasteiger partial charge is 0.670 e. The van der Waals surface area contributed by atoms with Gasteiger partial charge in [0, 0.05) is 65.4 Å². The average molecular weight is 363 g/mol. The van der Waals surface area contributed by atoms with E-state index in [0.29, 0.717) is 0 Å². The molecule has 2 radical (unpaired) electrons. The van der Waals surface area contributed by atoms with Crippen molar-refractivity contribution in [2.24, 2.45) is 0 Å². The van der Waals surface area contributed by atoms with Crippen LogP contribution in [0.15, 0.2) is 0 Å². The van der Waals surface area contributed by atoms with E-state index >= 15 is 0 Å². The first-order valence-electron chi connectivity index (χ1n) is 3.05. The van der Waals surface area contributed by atoms with Gasteiger partial charge in [-0.2, -0.15) is 0 Å². The minimum atomic E-state index is -0.332. The predicted octanol–water partition coefficient (Wildman–Crippen LogP) is -1.52. The molecule has 0 aromatic rings. The van der Waals surface area contributed by atoms with Gasteiger partial charge in [-0.15, -0.1) is 12.8 Å². The molecule has 0 aromatic heterocycles. The van der Waals surface area contributed by atoms with Crippen molar-refractivity contribution >= 4 is 5.91 Å². The fraction of sp³-hybridized carbons (Fsp3) is 0.375. The van der Waals surface area contributed by atoms with Gasteiger partial charge in [-0.25, -0.2) is 0 Å². The van der Waals surface area contributed by atoms with E-state index in [1.165, 1.54) is 4.90 Å². The zero-order valence-electron chi connectivity index (χ0n) is 8.29. The Kier molecular flexibility index (Phi) is 39.8. The van der Waals surface area contributed by atoms with Crippen LogP contribution in [0.5, 0.6) is 0 Å². The summed E-state index contributed by atoms with van der Waals surface area (Å²) in [5, 5.41) is 0. The van der Waals surface area contributed by atoms with E-state index in [1.54, 1.807) is 0 Å². The Balaban J connectivity index is -0.0000000833. The maximum absolute atomic E-state index is 10.8. The smallest absolute Gasteiger partial charge is 0.203 e. The molecule has 0 saturated heterocycles. The van der Waals surface area contributed by atoms with E-state index < -0.39 is 0 Å². The molecule has 80 valence electrons. The number of nitrogens with zero attached hydrogens (tertiary/aromatic N) is 1. The number of terminal acetylenes is 2. The molecule has 0 atom stereocenters. The standard InChI is InChI=1S/C8H9N2O.2H2O.2Y/c1-3-5-10(6-4-2)8(11)7-9;;;;/h1-2,9H,5-7H2;2*1H2;;/q-1;;;;. The Morgan fingerprint density at radius 1 is 1.13 bits per heavy atom. The molecule has 0 fully saturated rings. The normalized spacial score (nSPS) is 5.80. The Labute approximate surface area is 140 Å². The first-order chi connectivity index (χ1) is 5.26. The van der Waals surface area contributed by atoms with Crippen molar-refractivity contribution < 1.29 is 81.2 Å². The minimum Gasteiger partial charge on any atom is -0.670 e. The van der Waals surface area contributed by atoms with Crippen LogP contribution in [0.4, 0.5) is 0 Å². The van der Waals surface area contributed by atoms with Gasteiger partial charge < -0.3 is 21.6 Å². The van der Waals surface area contributed by atoms with E-state index in [4.69, 9.17) is 18.6 Å². The number of rotatable bonds is 3. The first-order valence-corrected chi connectivity index (χ1v) is 3.05. The molecule has 0 aromatic carbocycles. The summed E-state index contributed by atoms with van der Waals surface area (Å²) in [5.74, 6) is 4.26. The molecule has 7 heteroatoms. The monoisotopic (exact) mass is 363 g/mol. The van der Waals surface area contributed by atoms with Crippen LogP contribution in [0.1, 0.15) is 0 Å². The molecule has 0 bridgehead atoms. The number of hydrogen-bond acceptors (Lipinski definition) is 1. The Morgan fingerprint density at radius 3 is 1.67 bits per heavy atom. The fourth-order valence-corrected chi connectivity index (χ4v) is 0.564. The molecule has 0 unspecified atom stereocenters. The van der Waals surface area contributed by atoms with Gasteiger partial charge in [-0.1, -0.05) is 18.4 Å². The van der Waals surface area contributed by atoms with Crippen LogP contribution < -0.4 is 0 Å². The molecule has 0 heterocycles. The second kappa shape index (κ2) is 20.1. The Morgan fingerprint density at radius 2 is 1.47 bits per heavy atom. The first kappa shape index (κ1) is 29.6. The van der Waals surface area contributed by atoms with Gasteiger partial charge >= 0.3 is 0 Å². The van der Waals surface area contributed by atoms with Crippen LogP contribution in [-0.4, -0.2) is 41.4 Å². The summed E-state index contributed by atoms with van der Waals surface area (Å²) in [6, 6.07) is 0. The van der Waals surface area contributed by atoms with Gasteiger partial charge in [0.15, 0.2) is 0 Å². The van der Waals surface area contributed by atoms with E-state index in [1.807, 2.05) is 0 Å². The second-order valence-corrected chi connectivity index (χ2v) is 1.83. The molecule has 0 aliphatic carbocycles. The van der Waals surface area contributed by atoms with E-state index in [2.05, 4.69) is 11.8 Å². The van der Waals surface area contributed by atoms with Crippen molar-refractivity contribution in [3.63, 3.8) is 0 Å². The minimum absolute atomic E-state index is 0. The quantitative estimate of drug-likeness (QED) is 0.558. The van der Waals surface area contributed by atoms with Crippen LogP contribution in [0.3, 0.4) is 0 Å². The third kappa shape index (κ3) is 14.7. The third-order valence-electron chi connectivity index (χ3n) is 1.07. The van der Waals surface area contributed by atoms with Crippen molar-refractivity contribution in [1.29, 1.82) is 0 Å². The fourth-order valence-electron chi connectivity index (χ4n) is 0.564. The van der Waals surface area contributed by atoms with Gasteiger partial charge in [0.25, 0.3) is 0 Å². The summed E-state index contributed by atoms with van der Waals surface area (Å²) in [4.78, 5) is 12.1. The van der Waals surface area contributed by atoms with Gasteiger partial charge in [0.05, 0.1) is 13.1 Å². The Bertz CT molecular complexity index is 207. The number of carbonyl (C=O) groups excluding carboxylic acids is 1. The zero-order chi connectivity index (χ0) is 8.69. The topological polar surface area (TPSA) is 107 Å². The van der Waals surface area contributed by atoms with E-state index in [0.717, 1.165) is 0 Å². The van der Waals surface area contributed by atoms with Crippen LogP contribution in [0, 0.1) is 24.7 Å². The van der Waals surface area contributed by atoms with E-state index in [9.17, 15) is 4.79 Å². The molecule has 0 rings (SSSR count). The van der Waals surface area contributed by atoms with Crippen molar-refractivity contribution in [2.45, 2.75) is 0 Å². The number of nitrogens with one attached hydrogen (secondary N) is 1. The number of amides is 1. The predicted molar refractivity (Wildman–Crippen MR) is 50.7 cm³/mol. The number of carbonyl (C=O) groups is 1. The van der Waals surface area contributed by atoms with Gasteiger partial charge in [-0.05, 0) is 0 Å². The third-order valence-corrected chi connectivity index (χ3v) is 1.07. The van der Waals surface area contributed by atoms with Crippen LogP contribution in [0.2, 0.25) is 0 Å². The van der Waals surface area contributed by atoms with Crippen LogP contribution >= 0.6 is 0 Å². The summed E-state index contributed by atoms with van der Waals surface area (Å²) >= 11 is 0. The van der Waals surface area contributed by atoms with Crippen molar-refractivity contribution in [3.05, 3.63) is 5.73 Å². The second-order valence-electron chi connectivity index (χ2n) is 1.83. The summed E-state index contributed by atoms with van der Waals surface area (Å²) in [7, 11) is 0. The van der Waals surface area contributed by atoms with Gasteiger partial charge in [0.2, 0.25) is 5.91 Å². The summed E-state index contributed by atoms with van der Waals surface area (Å²) < 4.78 is 0. The molecule has 0 spiro atoms. The molecular weight excluding hydrogens is 350 g/mol. The average Bonchev–Trinajstić information content (AvgIpc) is 2.03. The maximum Gasteiger partial charge on any atom is 0.203 e. The van der Waals surface area contributed by atoms with E-state index in [-0.39, 0.29) is 102 Å². The summed E-state index contributed by atoms with van der Waals surface area (Å²) in [6.07, 6.45) is 9.96. The van der Waals surface area contributed by atoms with Gasteiger partial charge in [0.1, 0.15) is 0 Å². The maximum atomic E-state index is 10.8. The molecule has 0 saturated carbocycles. The summed E-state index contributed by atoms with van der Waals surface area (Å²) in [6.45, 7) is 0.0627. The van der Waals surface area contributed by atoms with Crippen LogP contribution in [-0.2, 0) is 70.2 Å². The zero-order valence-corrected chi connectivity index (χ0v) is 14.0. The van der Waals surface area contributed by atoms with Crippen LogP contribution in [0.25, 0.3) is 5.73 Å². The number of hydrogen-bond donors (Lipinski definition) is 0. The van der Waals surface area contributed by atoms with Crippen molar-refractivity contribution in [3.8, 4) is 24.7 Å². The SMILES string of the molecule is C#CCN(CC#C)C(=O)C[NH-].O.O.[Y].[Y]. The summed E-state index contributed by atoms with van der Waals surface area (Å²) in [5.41, 5.74) is 6.77. The van der Waals surface area contributed by atoms with Crippen molar-refractivity contribution in [1.82, 2.24) is 4.90 Å². The molecule has 0 aliphatic heterocycles. The van der Waals surface area contributed by atoms with Crippen molar-refractivity contribution in [2.75, 3.05) is 19.6 Å². The molecular formula is C8H13N2O3Y2-. The molecule has 5 nitrogen and oxygen atoms in total. The van der Waals surface area contributed by atoms with Gasteiger partial charge in [-0.3, -0.25) is 4.79 Å². The molecule has 0 aliphatic rings. The molecule has 15 heavy (non-hydrogen) atoms. The molecule has 5 N–H and O–H groups in total.